The van der Waals surface area contributed by atoms with Crippen molar-refractivity contribution in [1.29, 1.82) is 0 Å². The highest BCUT2D eigenvalue weighted by molar-refractivity contribution is 4.95. The molecule has 0 aliphatic carbocycles. The fraction of sp³-hybridized carbons (Fsp3) is 0.800. The minimum atomic E-state index is -0.532. The van der Waals surface area contributed by atoms with Crippen LogP contribution in [0.1, 0.15) is 33.6 Å². The molecule has 1 heterocycles. The Hall–Kier alpha value is -0.340. The van der Waals surface area contributed by atoms with Crippen LogP contribution in [0.2, 0.25) is 0 Å². The van der Waals surface area contributed by atoms with Crippen LogP contribution in [-0.2, 0) is 4.74 Å². The van der Waals surface area contributed by atoms with Gasteiger partial charge in [-0.3, -0.25) is 0 Å². The second kappa shape index (κ2) is 4.06. The van der Waals surface area contributed by atoms with Gasteiger partial charge in [0.15, 0.2) is 6.29 Å². The lowest BCUT2D eigenvalue weighted by Gasteiger charge is -2.11. The first-order valence-electron chi connectivity index (χ1n) is 4.56. The molecule has 0 bridgehead atoms. The Morgan fingerprint density at radius 3 is 2.67 bits per heavy atom. The third kappa shape index (κ3) is 2.61. The molecule has 3 atom stereocenters. The van der Waals surface area contributed by atoms with Gasteiger partial charge in [-0.25, -0.2) is 0 Å². The van der Waals surface area contributed by atoms with Gasteiger partial charge in [-0.15, -0.1) is 0 Å². The van der Waals surface area contributed by atoms with Crippen LogP contribution in [-0.4, -0.2) is 17.5 Å². The molecule has 0 amide bonds. The van der Waals surface area contributed by atoms with Gasteiger partial charge in [0.05, 0.1) is 6.10 Å². The molecule has 1 N–H and O–H groups in total. The summed E-state index contributed by atoms with van der Waals surface area (Å²) in [7, 11) is 0. The van der Waals surface area contributed by atoms with Gasteiger partial charge in [-0.2, -0.15) is 0 Å². The van der Waals surface area contributed by atoms with E-state index in [-0.39, 0.29) is 6.10 Å². The van der Waals surface area contributed by atoms with Gasteiger partial charge < -0.3 is 9.84 Å². The van der Waals surface area contributed by atoms with Crippen LogP contribution in [0.4, 0.5) is 0 Å². The van der Waals surface area contributed by atoms with Crippen molar-refractivity contribution in [3.05, 3.63) is 11.6 Å². The van der Waals surface area contributed by atoms with Gasteiger partial charge in [0, 0.05) is 6.42 Å². The average molecular weight is 170 g/mol. The summed E-state index contributed by atoms with van der Waals surface area (Å²) in [5.41, 5.74) is 1.31. The molecular formula is C10H18O2. The van der Waals surface area contributed by atoms with Crippen LogP contribution < -0.4 is 0 Å². The van der Waals surface area contributed by atoms with Crippen molar-refractivity contribution in [2.45, 2.75) is 46.0 Å². The first kappa shape index (κ1) is 9.75. The summed E-state index contributed by atoms with van der Waals surface area (Å²) in [6.45, 7) is 6.28. The molecule has 1 aliphatic rings. The van der Waals surface area contributed by atoms with Crippen LogP contribution in [0.5, 0.6) is 0 Å². The van der Waals surface area contributed by atoms with E-state index in [0.717, 1.165) is 12.8 Å². The molecule has 12 heavy (non-hydrogen) atoms. The van der Waals surface area contributed by atoms with Crippen molar-refractivity contribution >= 4 is 0 Å². The largest absolute Gasteiger partial charge is 0.368 e. The Morgan fingerprint density at radius 1 is 1.58 bits per heavy atom. The molecule has 0 aromatic heterocycles. The molecule has 1 aliphatic heterocycles. The highest BCUT2D eigenvalue weighted by Gasteiger charge is 2.29. The third-order valence-corrected chi connectivity index (χ3v) is 2.30. The Morgan fingerprint density at radius 2 is 2.25 bits per heavy atom. The molecular weight excluding hydrogens is 152 g/mol. The van der Waals surface area contributed by atoms with E-state index < -0.39 is 6.29 Å². The molecule has 1 rings (SSSR count). The van der Waals surface area contributed by atoms with Crippen molar-refractivity contribution in [1.82, 2.24) is 0 Å². The standard InChI is InChI=1S/C10H18O2/c1-7(2)4-5-9-8(3)6-10(11)12-9/h4,8-11H,5-6H2,1-3H3/t8-,9-,10?/m1/s1. The van der Waals surface area contributed by atoms with E-state index in [2.05, 4.69) is 26.8 Å². The van der Waals surface area contributed by atoms with E-state index in [1.165, 1.54) is 5.57 Å². The van der Waals surface area contributed by atoms with Gasteiger partial charge in [0.2, 0.25) is 0 Å². The van der Waals surface area contributed by atoms with E-state index in [1.807, 2.05) is 0 Å². The summed E-state index contributed by atoms with van der Waals surface area (Å²) in [5.74, 6) is 0.482. The molecule has 1 fully saturated rings. The first-order chi connectivity index (χ1) is 5.59. The number of allylic oxidation sites excluding steroid dienone is 1. The second-order valence-corrected chi connectivity index (χ2v) is 3.86. The lowest BCUT2D eigenvalue weighted by Crippen LogP contribution is -2.12. The van der Waals surface area contributed by atoms with Crippen molar-refractivity contribution in [2.75, 3.05) is 0 Å². The van der Waals surface area contributed by atoms with Crippen LogP contribution in [0.25, 0.3) is 0 Å². The predicted molar refractivity (Wildman–Crippen MR) is 48.7 cm³/mol. The molecule has 0 spiro atoms. The molecule has 0 saturated carbocycles. The monoisotopic (exact) mass is 170 g/mol. The zero-order valence-electron chi connectivity index (χ0n) is 8.08. The molecule has 70 valence electrons. The molecule has 0 radical (unpaired) electrons. The van der Waals surface area contributed by atoms with Crippen molar-refractivity contribution < 1.29 is 9.84 Å². The van der Waals surface area contributed by atoms with Gasteiger partial charge in [0.1, 0.15) is 0 Å². The van der Waals surface area contributed by atoms with E-state index >= 15 is 0 Å². The minimum Gasteiger partial charge on any atom is -0.368 e. The summed E-state index contributed by atoms with van der Waals surface area (Å²) >= 11 is 0. The van der Waals surface area contributed by atoms with E-state index in [4.69, 9.17) is 4.74 Å². The summed E-state index contributed by atoms with van der Waals surface area (Å²) in [6, 6.07) is 0. The van der Waals surface area contributed by atoms with Gasteiger partial charge in [-0.1, -0.05) is 18.6 Å². The third-order valence-electron chi connectivity index (χ3n) is 2.30. The number of aliphatic hydroxyl groups is 1. The normalized spacial score (nSPS) is 35.2. The fourth-order valence-electron chi connectivity index (χ4n) is 1.50. The van der Waals surface area contributed by atoms with E-state index in [9.17, 15) is 5.11 Å². The average Bonchev–Trinajstić information content (AvgIpc) is 2.26. The molecule has 2 heteroatoms. The van der Waals surface area contributed by atoms with Crippen LogP contribution >= 0.6 is 0 Å². The molecule has 1 unspecified atom stereocenters. The Kier molecular flexibility index (Phi) is 3.29. The number of hydrogen-bond acceptors (Lipinski definition) is 2. The van der Waals surface area contributed by atoms with E-state index in [0.29, 0.717) is 5.92 Å². The van der Waals surface area contributed by atoms with Crippen LogP contribution in [0, 0.1) is 5.92 Å². The van der Waals surface area contributed by atoms with Crippen molar-refractivity contribution in [3.63, 3.8) is 0 Å². The van der Waals surface area contributed by atoms with E-state index in [1.54, 1.807) is 0 Å². The van der Waals surface area contributed by atoms with Gasteiger partial charge in [-0.05, 0) is 26.2 Å². The molecule has 0 aromatic rings. The number of aliphatic hydroxyl groups excluding tert-OH is 1. The zero-order valence-corrected chi connectivity index (χ0v) is 8.08. The Bertz CT molecular complexity index is 171. The summed E-state index contributed by atoms with van der Waals surface area (Å²) in [6.07, 6.45) is 3.56. The van der Waals surface area contributed by atoms with Crippen molar-refractivity contribution in [3.8, 4) is 0 Å². The highest BCUT2D eigenvalue weighted by atomic mass is 16.6. The number of rotatable bonds is 2. The maximum Gasteiger partial charge on any atom is 0.155 e. The Balaban J connectivity index is 2.38. The number of ether oxygens (including phenoxy) is 1. The van der Waals surface area contributed by atoms with Crippen molar-refractivity contribution in [2.24, 2.45) is 5.92 Å². The van der Waals surface area contributed by atoms with Crippen LogP contribution in [0.3, 0.4) is 0 Å². The number of hydrogen-bond donors (Lipinski definition) is 1. The maximum atomic E-state index is 9.19. The maximum absolute atomic E-state index is 9.19. The smallest absolute Gasteiger partial charge is 0.155 e. The molecule has 2 nitrogen and oxygen atoms in total. The topological polar surface area (TPSA) is 29.5 Å². The SMILES string of the molecule is CC(C)=CC[C@H]1OC(O)C[C@H]1C. The summed E-state index contributed by atoms with van der Waals surface area (Å²) in [4.78, 5) is 0. The quantitative estimate of drug-likeness (QED) is 0.643. The predicted octanol–water partition coefficient (Wildman–Crippen LogP) is 2.09. The minimum absolute atomic E-state index is 0.217. The van der Waals surface area contributed by atoms with Gasteiger partial charge >= 0.3 is 0 Å². The molecule has 0 aromatic carbocycles. The lowest BCUT2D eigenvalue weighted by atomic mass is 10.0. The van der Waals surface area contributed by atoms with Crippen LogP contribution in [0.15, 0.2) is 11.6 Å². The Labute approximate surface area is 74.2 Å². The first-order valence-corrected chi connectivity index (χ1v) is 4.56. The summed E-state index contributed by atoms with van der Waals surface area (Å²) < 4.78 is 5.33. The fourth-order valence-corrected chi connectivity index (χ4v) is 1.50. The van der Waals surface area contributed by atoms with Gasteiger partial charge in [0.25, 0.3) is 0 Å². The lowest BCUT2D eigenvalue weighted by molar-refractivity contribution is -0.0905. The highest BCUT2D eigenvalue weighted by Crippen LogP contribution is 2.27. The second-order valence-electron chi connectivity index (χ2n) is 3.86. The molecule has 1 saturated heterocycles. The summed E-state index contributed by atoms with van der Waals surface area (Å²) in [5, 5.41) is 9.19. The zero-order chi connectivity index (χ0) is 9.14.